The summed E-state index contributed by atoms with van der Waals surface area (Å²) in [4.78, 5) is 56.2. The van der Waals surface area contributed by atoms with Crippen LogP contribution in [0.1, 0.15) is 37.3 Å². The molecule has 32 heavy (non-hydrogen) atoms. The van der Waals surface area contributed by atoms with E-state index in [4.69, 9.17) is 0 Å². The van der Waals surface area contributed by atoms with Gasteiger partial charge in [-0.3, -0.25) is 19.3 Å². The average molecular weight is 450 g/mol. The Kier molecular flexibility index (Phi) is 5.46. The summed E-state index contributed by atoms with van der Waals surface area (Å²) in [6.45, 7) is -0.449. The predicted molar refractivity (Wildman–Crippen MR) is 120 cm³/mol. The molecular formula is C24H23N3O4S. The van der Waals surface area contributed by atoms with Crippen LogP contribution in [0.15, 0.2) is 59.5 Å². The molecule has 0 N–H and O–H groups in total. The maximum Gasteiger partial charge on any atom is 0.334 e. The highest BCUT2D eigenvalue weighted by Crippen LogP contribution is 2.43. The minimum absolute atomic E-state index is 0.238. The van der Waals surface area contributed by atoms with Crippen molar-refractivity contribution in [1.82, 2.24) is 9.80 Å². The van der Waals surface area contributed by atoms with E-state index in [-0.39, 0.29) is 18.0 Å². The molecule has 3 aliphatic rings. The summed E-state index contributed by atoms with van der Waals surface area (Å²) in [6, 6.07) is 16.2. The van der Waals surface area contributed by atoms with Crippen molar-refractivity contribution in [2.45, 2.75) is 42.7 Å². The molecule has 1 aliphatic carbocycles. The number of thioether (sulfide) groups is 1. The minimum atomic E-state index is -0.911. The van der Waals surface area contributed by atoms with E-state index in [1.54, 1.807) is 16.7 Å². The highest BCUT2D eigenvalue weighted by Gasteiger charge is 2.49. The lowest BCUT2D eigenvalue weighted by Gasteiger charge is -2.37. The largest absolute Gasteiger partial charge is 0.334 e. The van der Waals surface area contributed by atoms with Gasteiger partial charge in [0, 0.05) is 16.7 Å². The van der Waals surface area contributed by atoms with Gasteiger partial charge < -0.3 is 4.90 Å². The van der Waals surface area contributed by atoms with Gasteiger partial charge >= 0.3 is 17.8 Å². The quantitative estimate of drug-likeness (QED) is 0.527. The molecule has 2 aromatic carbocycles. The van der Waals surface area contributed by atoms with E-state index in [1.165, 1.54) is 0 Å². The van der Waals surface area contributed by atoms with E-state index in [0.717, 1.165) is 38.8 Å². The molecule has 0 bridgehead atoms. The molecule has 1 saturated carbocycles. The summed E-state index contributed by atoms with van der Waals surface area (Å²) in [5.41, 5.74) is 1.73. The van der Waals surface area contributed by atoms with Crippen LogP contribution in [0.5, 0.6) is 0 Å². The lowest BCUT2D eigenvalue weighted by atomic mass is 10.1. The second-order valence-corrected chi connectivity index (χ2v) is 9.32. The molecule has 0 unspecified atom stereocenters. The molecular weight excluding hydrogens is 426 g/mol. The van der Waals surface area contributed by atoms with Crippen LogP contribution in [0.4, 0.5) is 10.5 Å². The molecule has 1 saturated heterocycles. The second kappa shape index (κ2) is 8.43. The predicted octanol–water partition coefficient (Wildman–Crippen LogP) is 3.60. The van der Waals surface area contributed by atoms with Crippen molar-refractivity contribution in [3.05, 3.63) is 60.2 Å². The molecule has 2 aromatic rings. The second-order valence-electron chi connectivity index (χ2n) is 8.26. The fourth-order valence-electron chi connectivity index (χ4n) is 4.78. The van der Waals surface area contributed by atoms with E-state index in [1.807, 2.05) is 54.6 Å². The number of nitrogens with zero attached hydrogens (tertiary/aromatic N) is 3. The SMILES string of the molecule is O=C1C(=O)N(C2CCCC2)C(=O)N1CC(=O)N1c2ccccc2SC[C@@H]1c1ccccc1. The van der Waals surface area contributed by atoms with Gasteiger partial charge in [-0.2, -0.15) is 0 Å². The van der Waals surface area contributed by atoms with Crippen LogP contribution in [0.25, 0.3) is 0 Å². The summed E-state index contributed by atoms with van der Waals surface area (Å²) in [7, 11) is 0. The van der Waals surface area contributed by atoms with Crippen molar-refractivity contribution in [2.75, 3.05) is 17.2 Å². The van der Waals surface area contributed by atoms with Crippen LogP contribution in [-0.4, -0.2) is 51.9 Å². The number of urea groups is 1. The van der Waals surface area contributed by atoms with E-state index in [9.17, 15) is 19.2 Å². The van der Waals surface area contributed by atoms with Crippen LogP contribution in [0.3, 0.4) is 0 Å². The first-order chi connectivity index (χ1) is 15.6. The number of benzene rings is 2. The third-order valence-electron chi connectivity index (χ3n) is 6.35. The minimum Gasteiger partial charge on any atom is -0.301 e. The number of amides is 5. The van der Waals surface area contributed by atoms with Gasteiger partial charge in [0.2, 0.25) is 5.91 Å². The Balaban J connectivity index is 1.44. The summed E-state index contributed by atoms with van der Waals surface area (Å²) in [6.07, 6.45) is 3.27. The van der Waals surface area contributed by atoms with Crippen molar-refractivity contribution in [2.24, 2.45) is 0 Å². The van der Waals surface area contributed by atoms with Crippen molar-refractivity contribution in [3.8, 4) is 0 Å². The molecule has 1 atom stereocenters. The normalized spacial score (nSPS) is 21.4. The highest BCUT2D eigenvalue weighted by molar-refractivity contribution is 7.99. The first-order valence-corrected chi connectivity index (χ1v) is 11.8. The first kappa shape index (κ1) is 20.8. The fourth-order valence-corrected chi connectivity index (χ4v) is 5.94. The van der Waals surface area contributed by atoms with Gasteiger partial charge in [0.05, 0.1) is 11.7 Å². The maximum atomic E-state index is 13.6. The van der Waals surface area contributed by atoms with E-state index in [2.05, 4.69) is 0 Å². The number of hydrogen-bond donors (Lipinski definition) is 0. The Morgan fingerprint density at radius 1 is 0.906 bits per heavy atom. The molecule has 2 aliphatic heterocycles. The summed E-state index contributed by atoms with van der Waals surface area (Å²) >= 11 is 1.67. The fraction of sp³-hybridized carbons (Fsp3) is 0.333. The van der Waals surface area contributed by atoms with Crippen LogP contribution in [-0.2, 0) is 14.4 Å². The lowest BCUT2D eigenvalue weighted by Crippen LogP contribution is -2.47. The zero-order chi connectivity index (χ0) is 22.2. The van der Waals surface area contributed by atoms with Gasteiger partial charge in [-0.05, 0) is 30.5 Å². The van der Waals surface area contributed by atoms with Crippen molar-refractivity contribution < 1.29 is 19.2 Å². The monoisotopic (exact) mass is 449 g/mol. The van der Waals surface area contributed by atoms with Crippen LogP contribution in [0, 0.1) is 0 Å². The summed E-state index contributed by atoms with van der Waals surface area (Å²) in [5.74, 6) is -1.45. The molecule has 5 amide bonds. The van der Waals surface area contributed by atoms with Gasteiger partial charge in [0.25, 0.3) is 0 Å². The number of hydrogen-bond acceptors (Lipinski definition) is 5. The van der Waals surface area contributed by atoms with Crippen LogP contribution < -0.4 is 4.90 Å². The number of fused-ring (bicyclic) bond motifs is 1. The lowest BCUT2D eigenvalue weighted by molar-refractivity contribution is -0.144. The zero-order valence-electron chi connectivity index (χ0n) is 17.5. The number of anilines is 1. The molecule has 0 spiro atoms. The number of para-hydroxylation sites is 1. The van der Waals surface area contributed by atoms with Crippen LogP contribution in [0.2, 0.25) is 0 Å². The third kappa shape index (κ3) is 3.48. The number of carbonyl (C=O) groups is 4. The first-order valence-electron chi connectivity index (χ1n) is 10.8. The summed E-state index contributed by atoms with van der Waals surface area (Å²) < 4.78 is 0. The topological polar surface area (TPSA) is 78.0 Å². The molecule has 5 rings (SSSR count). The highest BCUT2D eigenvalue weighted by atomic mass is 32.2. The maximum absolute atomic E-state index is 13.6. The van der Waals surface area contributed by atoms with Gasteiger partial charge in [-0.15, -0.1) is 11.8 Å². The number of imide groups is 2. The Morgan fingerprint density at radius 2 is 1.59 bits per heavy atom. The van der Waals surface area contributed by atoms with Gasteiger partial charge in [-0.1, -0.05) is 55.3 Å². The molecule has 8 heteroatoms. The molecule has 7 nitrogen and oxygen atoms in total. The smallest absolute Gasteiger partial charge is 0.301 e. The zero-order valence-corrected chi connectivity index (χ0v) is 18.3. The van der Waals surface area contributed by atoms with E-state index in [0.29, 0.717) is 18.6 Å². The average Bonchev–Trinajstić information content (AvgIpc) is 3.42. The van der Waals surface area contributed by atoms with Gasteiger partial charge in [0.1, 0.15) is 6.54 Å². The Morgan fingerprint density at radius 3 is 2.34 bits per heavy atom. The van der Waals surface area contributed by atoms with Crippen molar-refractivity contribution in [3.63, 3.8) is 0 Å². The third-order valence-corrected chi connectivity index (χ3v) is 7.49. The Bertz CT molecular complexity index is 1080. The van der Waals surface area contributed by atoms with Gasteiger partial charge in [0.15, 0.2) is 0 Å². The standard InChI is InChI=1S/C24H23N3O4S/c28-21(14-25-22(29)23(30)26(24(25)31)17-10-4-5-11-17)27-18-12-6-7-13-20(18)32-15-19(27)16-8-2-1-3-9-16/h1-3,6-9,12-13,17,19H,4-5,10-11,14-15H2/t19-/m1/s1. The molecule has 2 fully saturated rings. The van der Waals surface area contributed by atoms with E-state index < -0.39 is 24.4 Å². The Hall–Kier alpha value is -3.13. The number of carbonyl (C=O) groups excluding carboxylic acids is 4. The van der Waals surface area contributed by atoms with Crippen molar-refractivity contribution >= 4 is 41.2 Å². The van der Waals surface area contributed by atoms with Gasteiger partial charge in [-0.25, -0.2) is 9.69 Å². The molecule has 2 heterocycles. The van der Waals surface area contributed by atoms with Crippen molar-refractivity contribution in [1.29, 1.82) is 0 Å². The summed E-state index contributed by atoms with van der Waals surface area (Å²) in [5, 5.41) is 0. The van der Waals surface area contributed by atoms with Crippen LogP contribution >= 0.6 is 11.8 Å². The molecule has 0 radical (unpaired) electrons. The molecule has 0 aromatic heterocycles. The molecule has 164 valence electrons. The number of rotatable bonds is 4. The Labute approximate surface area is 190 Å². The van der Waals surface area contributed by atoms with E-state index >= 15 is 0 Å².